The molecule has 122 valence electrons. The molecule has 1 N–H and O–H groups in total. The number of hydrogen-bond acceptors (Lipinski definition) is 6. The molecule has 3 heterocycles. The zero-order valence-corrected chi connectivity index (χ0v) is 13.6. The fraction of sp³-hybridized carbons (Fsp3) is 0.357. The number of nitrogens with one attached hydrogen (secondary N) is 1. The first kappa shape index (κ1) is 15.6. The van der Waals surface area contributed by atoms with E-state index in [1.165, 1.54) is 4.31 Å². The molecule has 0 radical (unpaired) electrons. The predicted octanol–water partition coefficient (Wildman–Crippen LogP) is 0.659. The van der Waals surface area contributed by atoms with Crippen molar-refractivity contribution in [2.45, 2.75) is 6.92 Å². The Morgan fingerprint density at radius 3 is 2.39 bits per heavy atom. The van der Waals surface area contributed by atoms with Crippen LogP contribution < -0.4 is 9.62 Å². The van der Waals surface area contributed by atoms with Gasteiger partial charge >= 0.3 is 10.2 Å². The van der Waals surface area contributed by atoms with Crippen LogP contribution in [-0.4, -0.2) is 53.9 Å². The Balaban J connectivity index is 1.64. The SMILES string of the molecule is Cc1cccc(NS(=O)(=O)N2CCN(c3ncccn3)CC2)n1. The minimum atomic E-state index is -3.61. The largest absolute Gasteiger partial charge is 0.338 e. The number of piperazine rings is 1. The van der Waals surface area contributed by atoms with Crippen LogP contribution in [0.5, 0.6) is 0 Å². The van der Waals surface area contributed by atoms with Crippen molar-refractivity contribution in [1.29, 1.82) is 0 Å². The fourth-order valence-electron chi connectivity index (χ4n) is 2.38. The van der Waals surface area contributed by atoms with Crippen LogP contribution in [0.2, 0.25) is 0 Å². The third-order valence-electron chi connectivity index (χ3n) is 3.54. The quantitative estimate of drug-likeness (QED) is 0.883. The highest BCUT2D eigenvalue weighted by Gasteiger charge is 2.28. The Kier molecular flexibility index (Phi) is 4.39. The lowest BCUT2D eigenvalue weighted by Crippen LogP contribution is -2.50. The molecule has 0 aliphatic carbocycles. The Labute approximate surface area is 135 Å². The molecule has 3 rings (SSSR count). The summed E-state index contributed by atoms with van der Waals surface area (Å²) in [6.45, 7) is 3.66. The van der Waals surface area contributed by atoms with Crippen LogP contribution in [0.15, 0.2) is 36.7 Å². The second-order valence-electron chi connectivity index (χ2n) is 5.21. The van der Waals surface area contributed by atoms with Crippen molar-refractivity contribution in [2.24, 2.45) is 0 Å². The van der Waals surface area contributed by atoms with E-state index in [1.54, 1.807) is 30.6 Å². The zero-order valence-electron chi connectivity index (χ0n) is 12.8. The van der Waals surface area contributed by atoms with Gasteiger partial charge in [-0.05, 0) is 25.1 Å². The number of hydrogen-bond donors (Lipinski definition) is 1. The van der Waals surface area contributed by atoms with Gasteiger partial charge in [-0.25, -0.2) is 15.0 Å². The average molecular weight is 334 g/mol. The molecular formula is C14H18N6O2S. The lowest BCUT2D eigenvalue weighted by Gasteiger charge is -2.33. The highest BCUT2D eigenvalue weighted by molar-refractivity contribution is 7.90. The van der Waals surface area contributed by atoms with Gasteiger partial charge in [0.25, 0.3) is 0 Å². The van der Waals surface area contributed by atoms with Crippen LogP contribution in [0.4, 0.5) is 11.8 Å². The molecule has 1 saturated heterocycles. The van der Waals surface area contributed by atoms with Crippen molar-refractivity contribution >= 4 is 22.0 Å². The number of aromatic nitrogens is 3. The maximum atomic E-state index is 12.4. The van der Waals surface area contributed by atoms with Crippen molar-refractivity contribution in [3.63, 3.8) is 0 Å². The number of nitrogens with zero attached hydrogens (tertiary/aromatic N) is 5. The smallest absolute Gasteiger partial charge is 0.302 e. The molecular weight excluding hydrogens is 316 g/mol. The summed E-state index contributed by atoms with van der Waals surface area (Å²) in [5.74, 6) is 0.955. The monoisotopic (exact) mass is 334 g/mol. The highest BCUT2D eigenvalue weighted by atomic mass is 32.2. The van der Waals surface area contributed by atoms with E-state index in [4.69, 9.17) is 0 Å². The van der Waals surface area contributed by atoms with Gasteiger partial charge in [-0.2, -0.15) is 12.7 Å². The van der Waals surface area contributed by atoms with E-state index in [2.05, 4.69) is 19.7 Å². The van der Waals surface area contributed by atoms with Gasteiger partial charge in [-0.1, -0.05) is 6.07 Å². The Bertz CT molecular complexity index is 760. The van der Waals surface area contributed by atoms with Crippen LogP contribution in [0, 0.1) is 6.92 Å². The second-order valence-corrected chi connectivity index (χ2v) is 6.88. The maximum Gasteiger partial charge on any atom is 0.302 e. The minimum Gasteiger partial charge on any atom is -0.338 e. The van der Waals surface area contributed by atoms with Gasteiger partial charge in [-0.3, -0.25) is 4.72 Å². The summed E-state index contributed by atoms with van der Waals surface area (Å²) in [7, 11) is -3.61. The van der Waals surface area contributed by atoms with Crippen LogP contribution >= 0.6 is 0 Å². The van der Waals surface area contributed by atoms with E-state index < -0.39 is 10.2 Å². The molecule has 9 heteroatoms. The van der Waals surface area contributed by atoms with Crippen molar-refractivity contribution in [3.8, 4) is 0 Å². The molecule has 1 aliphatic rings. The molecule has 0 saturated carbocycles. The summed E-state index contributed by atoms with van der Waals surface area (Å²) in [6, 6.07) is 6.98. The molecule has 1 aliphatic heterocycles. The standard InChI is InChI=1S/C14H18N6O2S/c1-12-4-2-5-13(17-12)18-23(21,22)20-10-8-19(9-11-20)14-15-6-3-7-16-14/h2-7H,8-11H2,1H3,(H,17,18). The topological polar surface area (TPSA) is 91.3 Å². The summed E-state index contributed by atoms with van der Waals surface area (Å²) in [6.07, 6.45) is 3.35. The van der Waals surface area contributed by atoms with Gasteiger partial charge in [0.1, 0.15) is 5.82 Å². The summed E-state index contributed by atoms with van der Waals surface area (Å²) in [4.78, 5) is 14.5. The highest BCUT2D eigenvalue weighted by Crippen LogP contribution is 2.14. The molecule has 0 bridgehead atoms. The van der Waals surface area contributed by atoms with Crippen LogP contribution in [0.3, 0.4) is 0 Å². The minimum absolute atomic E-state index is 0.332. The van der Waals surface area contributed by atoms with E-state index in [9.17, 15) is 8.42 Å². The normalized spacial score (nSPS) is 16.3. The molecule has 0 unspecified atom stereocenters. The van der Waals surface area contributed by atoms with Gasteiger partial charge in [0.15, 0.2) is 0 Å². The van der Waals surface area contributed by atoms with E-state index in [-0.39, 0.29) is 0 Å². The van der Waals surface area contributed by atoms with E-state index in [1.807, 2.05) is 17.9 Å². The first-order valence-electron chi connectivity index (χ1n) is 7.28. The third kappa shape index (κ3) is 3.74. The lowest BCUT2D eigenvalue weighted by molar-refractivity contribution is 0.385. The number of anilines is 2. The number of pyridine rings is 1. The Hall–Kier alpha value is -2.26. The van der Waals surface area contributed by atoms with Crippen molar-refractivity contribution < 1.29 is 8.42 Å². The molecule has 2 aromatic heterocycles. The molecule has 0 atom stereocenters. The number of rotatable bonds is 4. The molecule has 1 fully saturated rings. The van der Waals surface area contributed by atoms with Crippen LogP contribution in [0.1, 0.15) is 5.69 Å². The molecule has 2 aromatic rings. The zero-order chi connectivity index (χ0) is 16.3. The fourth-order valence-corrected chi connectivity index (χ4v) is 3.53. The van der Waals surface area contributed by atoms with Crippen molar-refractivity contribution in [2.75, 3.05) is 35.8 Å². The van der Waals surface area contributed by atoms with Gasteiger partial charge in [-0.15, -0.1) is 0 Å². The van der Waals surface area contributed by atoms with E-state index >= 15 is 0 Å². The molecule has 0 amide bonds. The summed E-state index contributed by atoms with van der Waals surface area (Å²) >= 11 is 0. The van der Waals surface area contributed by atoms with Crippen LogP contribution in [-0.2, 0) is 10.2 Å². The lowest BCUT2D eigenvalue weighted by atomic mass is 10.4. The second kappa shape index (κ2) is 6.47. The summed E-state index contributed by atoms with van der Waals surface area (Å²) in [5.41, 5.74) is 0.760. The first-order chi connectivity index (χ1) is 11.0. The van der Waals surface area contributed by atoms with Gasteiger partial charge in [0, 0.05) is 44.3 Å². The summed E-state index contributed by atoms with van der Waals surface area (Å²) in [5, 5.41) is 0. The first-order valence-corrected chi connectivity index (χ1v) is 8.72. The van der Waals surface area contributed by atoms with Crippen molar-refractivity contribution in [1.82, 2.24) is 19.3 Å². The van der Waals surface area contributed by atoms with Gasteiger partial charge in [0.2, 0.25) is 5.95 Å². The molecule has 23 heavy (non-hydrogen) atoms. The Morgan fingerprint density at radius 1 is 1.04 bits per heavy atom. The van der Waals surface area contributed by atoms with Gasteiger partial charge < -0.3 is 4.90 Å². The average Bonchev–Trinajstić information content (AvgIpc) is 2.55. The van der Waals surface area contributed by atoms with Crippen molar-refractivity contribution in [3.05, 3.63) is 42.4 Å². The maximum absolute atomic E-state index is 12.4. The molecule has 0 aromatic carbocycles. The Morgan fingerprint density at radius 2 is 1.74 bits per heavy atom. The third-order valence-corrected chi connectivity index (χ3v) is 5.05. The van der Waals surface area contributed by atoms with E-state index in [0.717, 1.165) is 5.69 Å². The molecule has 0 spiro atoms. The van der Waals surface area contributed by atoms with Crippen LogP contribution in [0.25, 0.3) is 0 Å². The predicted molar refractivity (Wildman–Crippen MR) is 87.3 cm³/mol. The molecule has 8 nitrogen and oxygen atoms in total. The number of aryl methyl sites for hydroxylation is 1. The summed E-state index contributed by atoms with van der Waals surface area (Å²) < 4.78 is 28.8. The van der Waals surface area contributed by atoms with E-state index in [0.29, 0.717) is 37.9 Å². The van der Waals surface area contributed by atoms with Gasteiger partial charge in [0.05, 0.1) is 0 Å².